The van der Waals surface area contributed by atoms with Crippen LogP contribution in [0.25, 0.3) is 0 Å². The molecule has 5 heteroatoms. The average Bonchev–Trinajstić information content (AvgIpc) is 2.58. The quantitative estimate of drug-likeness (QED) is 0.744. The van der Waals surface area contributed by atoms with Crippen molar-refractivity contribution >= 4 is 16.4 Å². The Hall–Kier alpha value is -0.396. The standard InChI is InChI=1S/C14H29NO2Si2/c1-14(2,3)19(7,8)17-10-12-9-16-13(15-12)11-18(4,5)6/h9H,10-11H2,1-8H3. The Morgan fingerprint density at radius 3 is 2.21 bits per heavy atom. The van der Waals surface area contributed by atoms with Crippen molar-refractivity contribution in [2.75, 3.05) is 0 Å². The van der Waals surface area contributed by atoms with Gasteiger partial charge in [-0.05, 0) is 18.1 Å². The normalized spacial score (nSPS) is 13.9. The van der Waals surface area contributed by atoms with E-state index in [-0.39, 0.29) is 5.04 Å². The Kier molecular flexibility index (Phi) is 4.85. The predicted octanol–water partition coefficient (Wildman–Crippen LogP) is 4.62. The van der Waals surface area contributed by atoms with Crippen molar-refractivity contribution in [3.63, 3.8) is 0 Å². The minimum atomic E-state index is -1.70. The molecule has 0 aromatic carbocycles. The summed E-state index contributed by atoms with van der Waals surface area (Å²) in [6.45, 7) is 18.8. The number of aromatic nitrogens is 1. The number of rotatable bonds is 5. The second-order valence-corrected chi connectivity index (χ2v) is 18.3. The van der Waals surface area contributed by atoms with E-state index in [9.17, 15) is 0 Å². The fourth-order valence-electron chi connectivity index (χ4n) is 1.42. The van der Waals surface area contributed by atoms with E-state index in [1.165, 1.54) is 0 Å². The predicted molar refractivity (Wildman–Crippen MR) is 85.5 cm³/mol. The van der Waals surface area contributed by atoms with Gasteiger partial charge in [0.1, 0.15) is 12.0 Å². The lowest BCUT2D eigenvalue weighted by Crippen LogP contribution is -2.40. The third kappa shape index (κ3) is 5.24. The molecule has 1 rings (SSSR count). The van der Waals surface area contributed by atoms with Crippen molar-refractivity contribution in [1.29, 1.82) is 0 Å². The molecule has 0 saturated carbocycles. The Bertz CT molecular complexity index is 414. The third-order valence-electron chi connectivity index (χ3n) is 3.67. The lowest BCUT2D eigenvalue weighted by Gasteiger charge is -2.35. The zero-order chi connectivity index (χ0) is 14.9. The molecule has 1 aromatic heterocycles. The second kappa shape index (κ2) is 5.54. The summed E-state index contributed by atoms with van der Waals surface area (Å²) in [4.78, 5) is 4.55. The maximum absolute atomic E-state index is 6.15. The van der Waals surface area contributed by atoms with Gasteiger partial charge in [0.05, 0.1) is 14.7 Å². The molecule has 1 aromatic rings. The van der Waals surface area contributed by atoms with Gasteiger partial charge in [-0.15, -0.1) is 0 Å². The Labute approximate surface area is 119 Å². The Morgan fingerprint density at radius 2 is 1.74 bits per heavy atom. The van der Waals surface area contributed by atoms with Gasteiger partial charge >= 0.3 is 0 Å². The lowest BCUT2D eigenvalue weighted by molar-refractivity contribution is 0.272. The first-order valence-electron chi connectivity index (χ1n) is 6.98. The van der Waals surface area contributed by atoms with E-state index in [1.54, 1.807) is 6.26 Å². The molecular weight excluding hydrogens is 270 g/mol. The van der Waals surface area contributed by atoms with Crippen molar-refractivity contribution in [3.05, 3.63) is 17.8 Å². The van der Waals surface area contributed by atoms with Gasteiger partial charge in [0.2, 0.25) is 0 Å². The highest BCUT2D eigenvalue weighted by molar-refractivity contribution is 6.75. The van der Waals surface area contributed by atoms with Crippen LogP contribution in [0.5, 0.6) is 0 Å². The minimum Gasteiger partial charge on any atom is -0.449 e. The summed E-state index contributed by atoms with van der Waals surface area (Å²) in [6.07, 6.45) is 1.75. The van der Waals surface area contributed by atoms with E-state index < -0.39 is 16.4 Å². The van der Waals surface area contributed by atoms with Crippen molar-refractivity contribution in [3.8, 4) is 0 Å². The van der Waals surface area contributed by atoms with E-state index in [1.807, 2.05) is 0 Å². The molecule has 3 nitrogen and oxygen atoms in total. The summed E-state index contributed by atoms with van der Waals surface area (Å²) >= 11 is 0. The fraction of sp³-hybridized carbons (Fsp3) is 0.786. The molecule has 0 aliphatic heterocycles. The molecule has 0 spiro atoms. The minimum absolute atomic E-state index is 0.234. The molecule has 0 fully saturated rings. The van der Waals surface area contributed by atoms with Crippen LogP contribution in [0.2, 0.25) is 37.8 Å². The molecule has 0 amide bonds. The molecule has 0 aliphatic carbocycles. The molecule has 0 saturated heterocycles. The highest BCUT2D eigenvalue weighted by Gasteiger charge is 2.37. The van der Waals surface area contributed by atoms with Crippen LogP contribution in [0.15, 0.2) is 10.7 Å². The first-order valence-corrected chi connectivity index (χ1v) is 13.6. The largest absolute Gasteiger partial charge is 0.449 e. The van der Waals surface area contributed by atoms with Crippen molar-refractivity contribution in [1.82, 2.24) is 4.98 Å². The van der Waals surface area contributed by atoms with Gasteiger partial charge in [-0.1, -0.05) is 40.4 Å². The molecule has 1 heterocycles. The zero-order valence-corrected chi connectivity index (χ0v) is 15.8. The highest BCUT2D eigenvalue weighted by Crippen LogP contribution is 2.37. The fourth-order valence-corrected chi connectivity index (χ4v) is 3.43. The summed E-state index contributed by atoms with van der Waals surface area (Å²) in [7, 11) is -2.86. The van der Waals surface area contributed by atoms with Crippen LogP contribution in [0, 0.1) is 0 Å². The molecule has 110 valence electrons. The summed E-state index contributed by atoms with van der Waals surface area (Å²) in [5, 5.41) is 0.234. The van der Waals surface area contributed by atoms with E-state index >= 15 is 0 Å². The molecule has 0 unspecified atom stereocenters. The van der Waals surface area contributed by atoms with Crippen LogP contribution >= 0.6 is 0 Å². The van der Waals surface area contributed by atoms with Gasteiger partial charge in [0.25, 0.3) is 0 Å². The number of nitrogens with zero attached hydrogens (tertiary/aromatic N) is 1. The van der Waals surface area contributed by atoms with Crippen LogP contribution < -0.4 is 0 Å². The summed E-state index contributed by atoms with van der Waals surface area (Å²) in [5.41, 5.74) is 0.929. The molecule has 0 bridgehead atoms. The van der Waals surface area contributed by atoms with Gasteiger partial charge in [-0.3, -0.25) is 0 Å². The van der Waals surface area contributed by atoms with E-state index in [2.05, 4.69) is 58.5 Å². The van der Waals surface area contributed by atoms with Gasteiger partial charge in [0, 0.05) is 6.04 Å². The van der Waals surface area contributed by atoms with Crippen LogP contribution in [0.1, 0.15) is 32.4 Å². The Balaban J connectivity index is 2.61. The van der Waals surface area contributed by atoms with E-state index in [0.717, 1.165) is 17.6 Å². The van der Waals surface area contributed by atoms with Crippen LogP contribution in [-0.2, 0) is 17.1 Å². The van der Waals surface area contributed by atoms with Gasteiger partial charge in [-0.2, -0.15) is 0 Å². The summed E-state index contributed by atoms with van der Waals surface area (Å²) in [5.74, 6) is 0.869. The van der Waals surface area contributed by atoms with E-state index in [4.69, 9.17) is 8.84 Å². The van der Waals surface area contributed by atoms with Crippen molar-refractivity contribution in [2.24, 2.45) is 0 Å². The third-order valence-corrected chi connectivity index (χ3v) is 9.51. The number of oxazole rings is 1. The zero-order valence-electron chi connectivity index (χ0n) is 13.8. The summed E-state index contributed by atoms with van der Waals surface area (Å²) in [6, 6.07) is 0.993. The SMILES string of the molecule is CC(C)(C)[Si](C)(C)OCc1coc(C[Si](C)(C)C)n1. The van der Waals surface area contributed by atoms with Gasteiger partial charge < -0.3 is 8.84 Å². The topological polar surface area (TPSA) is 35.3 Å². The first kappa shape index (κ1) is 16.7. The second-order valence-electron chi connectivity index (χ2n) is 8.02. The maximum atomic E-state index is 6.15. The monoisotopic (exact) mass is 299 g/mol. The number of hydrogen-bond acceptors (Lipinski definition) is 3. The first-order chi connectivity index (χ1) is 8.41. The van der Waals surface area contributed by atoms with E-state index in [0.29, 0.717) is 6.61 Å². The molecule has 19 heavy (non-hydrogen) atoms. The van der Waals surface area contributed by atoms with Crippen molar-refractivity contribution in [2.45, 2.75) is 71.2 Å². The van der Waals surface area contributed by atoms with Gasteiger partial charge in [-0.25, -0.2) is 4.98 Å². The van der Waals surface area contributed by atoms with Crippen molar-refractivity contribution < 1.29 is 8.84 Å². The molecule has 0 atom stereocenters. The number of hydrogen-bond donors (Lipinski definition) is 0. The highest BCUT2D eigenvalue weighted by atomic mass is 28.4. The lowest BCUT2D eigenvalue weighted by atomic mass is 10.2. The van der Waals surface area contributed by atoms with Crippen LogP contribution in [0.4, 0.5) is 0 Å². The Morgan fingerprint density at radius 1 is 1.16 bits per heavy atom. The van der Waals surface area contributed by atoms with Crippen LogP contribution in [-0.4, -0.2) is 21.4 Å². The van der Waals surface area contributed by atoms with Crippen LogP contribution in [0.3, 0.4) is 0 Å². The maximum Gasteiger partial charge on any atom is 0.192 e. The van der Waals surface area contributed by atoms with Gasteiger partial charge in [0.15, 0.2) is 14.2 Å². The molecule has 0 aliphatic rings. The molecule has 0 radical (unpaired) electrons. The average molecular weight is 300 g/mol. The molecule has 0 N–H and O–H groups in total. The summed E-state index contributed by atoms with van der Waals surface area (Å²) < 4.78 is 11.7. The smallest absolute Gasteiger partial charge is 0.192 e. The molecular formula is C14H29NO2Si2.